The molecular weight excluding hydrogens is 291 g/mol. The molecule has 3 heterocycles. The van der Waals surface area contributed by atoms with Gasteiger partial charge < -0.3 is 0 Å². The third-order valence-electron chi connectivity index (χ3n) is 2.24. The van der Waals surface area contributed by atoms with Crippen LogP contribution in [0, 0.1) is 0 Å². The fraction of sp³-hybridized carbons (Fsp3) is 0. The van der Waals surface area contributed by atoms with Crippen molar-refractivity contribution in [3.05, 3.63) is 51.5 Å². The van der Waals surface area contributed by atoms with Gasteiger partial charge in [-0.05, 0) is 24.3 Å². The van der Waals surface area contributed by atoms with Crippen LogP contribution in [-0.2, 0) is 0 Å². The molecule has 3 rings (SSSR count). The van der Waals surface area contributed by atoms with Crippen molar-refractivity contribution in [1.82, 2.24) is 13.8 Å². The third kappa shape index (κ3) is 2.25. The van der Waals surface area contributed by atoms with E-state index in [2.05, 4.69) is 14.3 Å². The highest BCUT2D eigenvalue weighted by molar-refractivity contribution is 7.03. The lowest BCUT2D eigenvalue weighted by molar-refractivity contribution is 1.07. The number of halogens is 2. The normalized spacial score (nSPS) is 12.2. The summed E-state index contributed by atoms with van der Waals surface area (Å²) in [6, 6.07) is 7.13. The average Bonchev–Trinajstić information content (AvgIpc) is 2.75. The molecular formula is C11H6Cl2N4S. The highest BCUT2D eigenvalue weighted by Gasteiger charge is 2.00. The number of rotatable bonds is 1. The van der Waals surface area contributed by atoms with Crippen molar-refractivity contribution < 1.29 is 0 Å². The van der Waals surface area contributed by atoms with Crippen molar-refractivity contribution in [3.8, 4) is 0 Å². The number of aromatic nitrogens is 3. The Labute approximate surface area is 116 Å². The number of pyridine rings is 2. The van der Waals surface area contributed by atoms with E-state index >= 15 is 0 Å². The van der Waals surface area contributed by atoms with E-state index in [1.54, 1.807) is 30.6 Å². The maximum atomic E-state index is 5.95. The molecule has 0 spiro atoms. The summed E-state index contributed by atoms with van der Waals surface area (Å²) in [6.45, 7) is 0. The van der Waals surface area contributed by atoms with Gasteiger partial charge in [-0.25, -0.2) is 4.98 Å². The number of hydrogen-bond acceptors (Lipinski definition) is 4. The topological polar surface area (TPSA) is 42.5 Å². The van der Waals surface area contributed by atoms with Gasteiger partial charge in [-0.3, -0.25) is 4.40 Å². The maximum absolute atomic E-state index is 5.95. The predicted molar refractivity (Wildman–Crippen MR) is 72.5 cm³/mol. The van der Waals surface area contributed by atoms with Crippen LogP contribution >= 0.6 is 34.7 Å². The molecule has 0 saturated heterocycles. The van der Waals surface area contributed by atoms with Gasteiger partial charge in [0.15, 0.2) is 11.5 Å². The third-order valence-corrected chi connectivity index (χ3v) is 3.42. The van der Waals surface area contributed by atoms with Crippen molar-refractivity contribution in [2.75, 3.05) is 0 Å². The molecule has 0 aliphatic carbocycles. The summed E-state index contributed by atoms with van der Waals surface area (Å²) >= 11 is 13.0. The summed E-state index contributed by atoms with van der Waals surface area (Å²) < 4.78 is 6.09. The van der Waals surface area contributed by atoms with Gasteiger partial charge in [-0.15, -0.1) is 0 Å². The summed E-state index contributed by atoms with van der Waals surface area (Å²) in [6.07, 6.45) is 3.33. The molecule has 0 atom stereocenters. The summed E-state index contributed by atoms with van der Waals surface area (Å²) in [5, 5.41) is 1.21. The first kappa shape index (κ1) is 11.6. The minimum absolute atomic E-state index is 0.581. The van der Waals surface area contributed by atoms with E-state index in [9.17, 15) is 0 Å². The molecule has 7 heteroatoms. The maximum Gasteiger partial charge on any atom is 0.215 e. The first-order valence-electron chi connectivity index (χ1n) is 5.02. The van der Waals surface area contributed by atoms with Crippen LogP contribution in [0.5, 0.6) is 0 Å². The molecule has 0 saturated carbocycles. The second-order valence-electron chi connectivity index (χ2n) is 3.49. The number of nitrogens with zero attached hydrogens (tertiary/aromatic N) is 4. The van der Waals surface area contributed by atoms with Crippen molar-refractivity contribution in [2.24, 2.45) is 4.99 Å². The van der Waals surface area contributed by atoms with Gasteiger partial charge in [0.25, 0.3) is 0 Å². The van der Waals surface area contributed by atoms with Crippen LogP contribution in [0.1, 0.15) is 0 Å². The van der Waals surface area contributed by atoms with E-state index in [1.807, 2.05) is 10.5 Å². The average molecular weight is 297 g/mol. The molecule has 0 bridgehead atoms. The fourth-order valence-electron chi connectivity index (χ4n) is 1.43. The fourth-order valence-corrected chi connectivity index (χ4v) is 2.40. The van der Waals surface area contributed by atoms with Crippen molar-refractivity contribution in [3.63, 3.8) is 0 Å². The van der Waals surface area contributed by atoms with E-state index in [4.69, 9.17) is 23.2 Å². The molecule has 0 amide bonds. The Bertz CT molecular complexity index is 761. The van der Waals surface area contributed by atoms with Crippen LogP contribution < -0.4 is 4.80 Å². The van der Waals surface area contributed by atoms with Gasteiger partial charge >= 0.3 is 0 Å². The molecule has 18 heavy (non-hydrogen) atoms. The van der Waals surface area contributed by atoms with Crippen LogP contribution in [0.15, 0.2) is 41.7 Å². The second kappa shape index (κ2) is 4.68. The molecule has 0 radical (unpaired) electrons. The molecule has 0 aliphatic rings. The molecule has 3 aromatic heterocycles. The van der Waals surface area contributed by atoms with Crippen LogP contribution in [0.3, 0.4) is 0 Å². The summed E-state index contributed by atoms with van der Waals surface area (Å²) in [4.78, 5) is 9.23. The van der Waals surface area contributed by atoms with E-state index in [1.165, 1.54) is 11.5 Å². The summed E-state index contributed by atoms with van der Waals surface area (Å²) in [5.74, 6) is 0.581. The highest BCUT2D eigenvalue weighted by atomic mass is 35.5. The summed E-state index contributed by atoms with van der Waals surface area (Å²) in [7, 11) is 0. The lowest BCUT2D eigenvalue weighted by atomic mass is 10.5. The zero-order valence-electron chi connectivity index (χ0n) is 8.92. The molecule has 90 valence electrons. The smallest absolute Gasteiger partial charge is 0.215 e. The zero-order chi connectivity index (χ0) is 12.5. The first-order chi connectivity index (χ1) is 8.72. The van der Waals surface area contributed by atoms with Crippen molar-refractivity contribution in [1.29, 1.82) is 0 Å². The standard InChI is InChI=1S/C11H6Cl2N4S/c12-7-1-3-9(14-5-7)15-11-17-6-8(13)2-4-10(17)16-18-11/h1-6H. The Morgan fingerprint density at radius 1 is 1.11 bits per heavy atom. The Balaban J connectivity index is 2.19. The Kier molecular flexibility index (Phi) is 3.03. The van der Waals surface area contributed by atoms with Crippen LogP contribution in [0.4, 0.5) is 5.82 Å². The van der Waals surface area contributed by atoms with E-state index in [-0.39, 0.29) is 0 Å². The highest BCUT2D eigenvalue weighted by Crippen LogP contribution is 2.13. The van der Waals surface area contributed by atoms with Crippen molar-refractivity contribution >= 4 is 46.2 Å². The Morgan fingerprint density at radius 3 is 2.72 bits per heavy atom. The molecule has 0 aromatic carbocycles. The Hall–Kier alpha value is -1.43. The molecule has 0 unspecified atom stereocenters. The van der Waals surface area contributed by atoms with Gasteiger partial charge in [-0.1, -0.05) is 23.2 Å². The largest absolute Gasteiger partial charge is 0.274 e. The van der Waals surface area contributed by atoms with E-state index in [0.29, 0.717) is 20.7 Å². The molecule has 4 nitrogen and oxygen atoms in total. The summed E-state index contributed by atoms with van der Waals surface area (Å²) in [5.41, 5.74) is 0.803. The van der Waals surface area contributed by atoms with Gasteiger partial charge in [-0.2, -0.15) is 9.37 Å². The molecule has 0 aliphatic heterocycles. The quantitative estimate of drug-likeness (QED) is 0.691. The van der Waals surface area contributed by atoms with Gasteiger partial charge in [0.05, 0.1) is 10.0 Å². The number of fused-ring (bicyclic) bond motifs is 1. The van der Waals surface area contributed by atoms with Gasteiger partial charge in [0.2, 0.25) is 4.80 Å². The zero-order valence-corrected chi connectivity index (χ0v) is 11.2. The SMILES string of the molecule is Clc1ccc(N=c2snc3ccc(Cl)cn23)nc1. The van der Waals surface area contributed by atoms with E-state index < -0.39 is 0 Å². The monoisotopic (exact) mass is 296 g/mol. The lowest BCUT2D eigenvalue weighted by Crippen LogP contribution is -2.05. The Morgan fingerprint density at radius 2 is 1.94 bits per heavy atom. The van der Waals surface area contributed by atoms with Crippen molar-refractivity contribution in [2.45, 2.75) is 0 Å². The molecule has 3 aromatic rings. The predicted octanol–water partition coefficient (Wildman–Crippen LogP) is 3.33. The van der Waals surface area contributed by atoms with Crippen LogP contribution in [0.2, 0.25) is 10.0 Å². The van der Waals surface area contributed by atoms with Crippen LogP contribution in [0.25, 0.3) is 5.65 Å². The molecule has 0 fully saturated rings. The minimum Gasteiger partial charge on any atom is -0.274 e. The molecule has 0 N–H and O–H groups in total. The second-order valence-corrected chi connectivity index (χ2v) is 5.09. The first-order valence-corrected chi connectivity index (χ1v) is 6.55. The minimum atomic E-state index is 0.581. The van der Waals surface area contributed by atoms with Gasteiger partial charge in [0, 0.05) is 23.9 Å². The van der Waals surface area contributed by atoms with Gasteiger partial charge in [0.1, 0.15) is 0 Å². The number of hydrogen-bond donors (Lipinski definition) is 0. The van der Waals surface area contributed by atoms with E-state index in [0.717, 1.165) is 5.65 Å². The lowest BCUT2D eigenvalue weighted by Gasteiger charge is -1.94. The van der Waals surface area contributed by atoms with Crippen LogP contribution in [-0.4, -0.2) is 13.8 Å².